The van der Waals surface area contributed by atoms with Gasteiger partial charge in [-0.3, -0.25) is 10.1 Å². The molecule has 9 heteroatoms. The lowest BCUT2D eigenvalue weighted by Crippen LogP contribution is -2.15. The highest BCUT2D eigenvalue weighted by atomic mass is 79.9. The number of nitrogens with zero attached hydrogens (tertiary/aromatic N) is 2. The summed E-state index contributed by atoms with van der Waals surface area (Å²) in [6.07, 6.45) is 0. The maximum Gasteiger partial charge on any atom is 0.366 e. The number of rotatable bonds is 5. The van der Waals surface area contributed by atoms with E-state index >= 15 is 0 Å². The molecule has 0 amide bonds. The van der Waals surface area contributed by atoms with Crippen LogP contribution in [-0.4, -0.2) is 23.8 Å². The fraction of sp³-hybridized carbons (Fsp3) is 0.0667. The van der Waals surface area contributed by atoms with Gasteiger partial charge in [0.2, 0.25) is 0 Å². The minimum atomic E-state index is -0.874. The fourth-order valence-corrected chi connectivity index (χ4v) is 2.04. The number of amidine groups is 1. The van der Waals surface area contributed by atoms with Crippen LogP contribution < -0.4 is 10.5 Å². The van der Waals surface area contributed by atoms with Crippen molar-refractivity contribution >= 4 is 33.4 Å². The predicted molar refractivity (Wildman–Crippen MR) is 89.9 cm³/mol. The van der Waals surface area contributed by atoms with Crippen LogP contribution in [-0.2, 0) is 4.84 Å². The normalized spacial score (nSPS) is 11.0. The molecular formula is C15H12BrN3O5. The zero-order chi connectivity index (χ0) is 17.7. The number of ether oxygens (including phenoxy) is 1. The van der Waals surface area contributed by atoms with Gasteiger partial charge in [0.05, 0.1) is 17.6 Å². The Bertz CT molecular complexity index is 805. The lowest BCUT2D eigenvalue weighted by Gasteiger charge is -2.04. The number of methoxy groups -OCH3 is 1. The second-order valence-corrected chi connectivity index (χ2v) is 5.42. The van der Waals surface area contributed by atoms with E-state index in [0.29, 0.717) is 5.56 Å². The van der Waals surface area contributed by atoms with Crippen LogP contribution in [0, 0.1) is 10.1 Å². The van der Waals surface area contributed by atoms with Crippen LogP contribution in [0.2, 0.25) is 0 Å². The van der Waals surface area contributed by atoms with Crippen LogP contribution in [0.3, 0.4) is 0 Å². The van der Waals surface area contributed by atoms with Crippen LogP contribution in [0.4, 0.5) is 5.69 Å². The van der Waals surface area contributed by atoms with Crippen LogP contribution in [0.15, 0.2) is 52.1 Å². The molecule has 0 aliphatic rings. The third-order valence-corrected chi connectivity index (χ3v) is 3.51. The molecule has 0 radical (unpaired) electrons. The smallest absolute Gasteiger partial charge is 0.366 e. The molecule has 0 saturated heterocycles. The Hall–Kier alpha value is -2.94. The summed E-state index contributed by atoms with van der Waals surface area (Å²) >= 11 is 3.29. The Morgan fingerprint density at radius 2 is 1.83 bits per heavy atom. The summed E-state index contributed by atoms with van der Waals surface area (Å²) in [4.78, 5) is 27.0. The number of carbonyl (C=O) groups is 1. The highest BCUT2D eigenvalue weighted by Crippen LogP contribution is 2.27. The molecule has 2 N–H and O–H groups in total. The predicted octanol–water partition coefficient (Wildman–Crippen LogP) is 2.84. The fourth-order valence-electron chi connectivity index (χ4n) is 1.78. The zero-order valence-electron chi connectivity index (χ0n) is 12.4. The van der Waals surface area contributed by atoms with E-state index < -0.39 is 10.9 Å². The second-order valence-electron chi connectivity index (χ2n) is 4.51. The van der Waals surface area contributed by atoms with Crippen molar-refractivity contribution in [2.75, 3.05) is 7.11 Å². The van der Waals surface area contributed by atoms with Gasteiger partial charge in [0.1, 0.15) is 0 Å². The van der Waals surface area contributed by atoms with Crippen molar-refractivity contribution in [1.82, 2.24) is 0 Å². The van der Waals surface area contributed by atoms with Crippen LogP contribution in [0.5, 0.6) is 5.75 Å². The first-order chi connectivity index (χ1) is 11.4. The van der Waals surface area contributed by atoms with E-state index in [0.717, 1.165) is 10.5 Å². The lowest BCUT2D eigenvalue weighted by molar-refractivity contribution is -0.385. The van der Waals surface area contributed by atoms with E-state index in [4.69, 9.17) is 15.3 Å². The Morgan fingerprint density at radius 1 is 1.21 bits per heavy atom. The van der Waals surface area contributed by atoms with Crippen LogP contribution in [0.1, 0.15) is 15.9 Å². The largest absolute Gasteiger partial charge is 0.490 e. The summed E-state index contributed by atoms with van der Waals surface area (Å²) in [5, 5.41) is 14.5. The molecule has 0 atom stereocenters. The number of hydrogen-bond acceptors (Lipinski definition) is 6. The van der Waals surface area contributed by atoms with E-state index in [9.17, 15) is 14.9 Å². The third kappa shape index (κ3) is 4.07. The number of nitrogens with two attached hydrogens (primary N) is 1. The van der Waals surface area contributed by atoms with E-state index in [-0.39, 0.29) is 22.8 Å². The van der Waals surface area contributed by atoms with Gasteiger partial charge in [0, 0.05) is 16.1 Å². The minimum Gasteiger partial charge on any atom is -0.490 e. The number of nitro groups is 1. The van der Waals surface area contributed by atoms with Crippen molar-refractivity contribution in [3.8, 4) is 5.75 Å². The monoisotopic (exact) mass is 393 g/mol. The van der Waals surface area contributed by atoms with Gasteiger partial charge in [0.25, 0.3) is 0 Å². The van der Waals surface area contributed by atoms with Gasteiger partial charge >= 0.3 is 11.7 Å². The lowest BCUT2D eigenvalue weighted by atomic mass is 10.2. The van der Waals surface area contributed by atoms with Crippen molar-refractivity contribution in [2.24, 2.45) is 10.9 Å². The van der Waals surface area contributed by atoms with E-state index in [1.807, 2.05) is 0 Å². The summed E-state index contributed by atoms with van der Waals surface area (Å²) < 4.78 is 5.72. The number of halogens is 1. The number of nitro benzene ring substituents is 1. The third-order valence-electron chi connectivity index (χ3n) is 2.98. The molecule has 0 spiro atoms. The first-order valence-corrected chi connectivity index (χ1v) is 7.35. The maximum absolute atomic E-state index is 12.0. The molecule has 124 valence electrons. The molecule has 24 heavy (non-hydrogen) atoms. The molecule has 0 aliphatic carbocycles. The van der Waals surface area contributed by atoms with Gasteiger partial charge in [0.15, 0.2) is 11.6 Å². The number of benzene rings is 2. The molecule has 2 aromatic rings. The number of carbonyl (C=O) groups excluding carboxylic acids is 1. The van der Waals surface area contributed by atoms with Gasteiger partial charge < -0.3 is 15.3 Å². The Kier molecular flexibility index (Phi) is 5.48. The highest BCUT2D eigenvalue weighted by Gasteiger charge is 2.19. The Balaban J connectivity index is 2.17. The average Bonchev–Trinajstić information content (AvgIpc) is 2.59. The van der Waals surface area contributed by atoms with Gasteiger partial charge in [-0.1, -0.05) is 33.2 Å². The average molecular weight is 394 g/mol. The van der Waals surface area contributed by atoms with Crippen molar-refractivity contribution < 1.29 is 19.3 Å². The van der Waals surface area contributed by atoms with E-state index in [1.165, 1.54) is 19.2 Å². The van der Waals surface area contributed by atoms with Crippen molar-refractivity contribution in [2.45, 2.75) is 0 Å². The van der Waals surface area contributed by atoms with Gasteiger partial charge in [-0.05, 0) is 24.3 Å². The quantitative estimate of drug-likeness (QED) is 0.274. The SMILES string of the molecule is COc1ccc(C(=O)ON=C(N)c2ccc(Br)cc2)cc1[N+](=O)[O-]. The van der Waals surface area contributed by atoms with Crippen LogP contribution >= 0.6 is 15.9 Å². The Morgan fingerprint density at radius 3 is 2.42 bits per heavy atom. The molecule has 2 aromatic carbocycles. The molecule has 0 bridgehead atoms. The van der Waals surface area contributed by atoms with Crippen molar-refractivity contribution in [3.05, 3.63) is 68.2 Å². The molecule has 0 aromatic heterocycles. The molecular weight excluding hydrogens is 382 g/mol. The summed E-state index contributed by atoms with van der Waals surface area (Å²) in [5.41, 5.74) is 5.89. The molecule has 0 aliphatic heterocycles. The van der Waals surface area contributed by atoms with Crippen LogP contribution in [0.25, 0.3) is 0 Å². The second kappa shape index (κ2) is 7.55. The van der Waals surface area contributed by atoms with Crippen molar-refractivity contribution in [1.29, 1.82) is 0 Å². The van der Waals surface area contributed by atoms with E-state index in [1.54, 1.807) is 24.3 Å². The molecule has 0 fully saturated rings. The highest BCUT2D eigenvalue weighted by molar-refractivity contribution is 9.10. The maximum atomic E-state index is 12.0. The first kappa shape index (κ1) is 17.4. The molecule has 8 nitrogen and oxygen atoms in total. The topological polar surface area (TPSA) is 117 Å². The number of oxime groups is 1. The molecule has 2 rings (SSSR count). The van der Waals surface area contributed by atoms with Gasteiger partial charge in [-0.15, -0.1) is 0 Å². The van der Waals surface area contributed by atoms with Gasteiger partial charge in [-0.2, -0.15) is 0 Å². The van der Waals surface area contributed by atoms with Crippen molar-refractivity contribution in [3.63, 3.8) is 0 Å². The first-order valence-electron chi connectivity index (χ1n) is 6.55. The molecule has 0 unspecified atom stereocenters. The molecule has 0 saturated carbocycles. The van der Waals surface area contributed by atoms with E-state index in [2.05, 4.69) is 21.1 Å². The molecule has 0 heterocycles. The summed E-state index contributed by atoms with van der Waals surface area (Å²) in [5.74, 6) is -0.839. The zero-order valence-corrected chi connectivity index (χ0v) is 14.0. The van der Waals surface area contributed by atoms with Gasteiger partial charge in [-0.25, -0.2) is 4.79 Å². The summed E-state index contributed by atoms with van der Waals surface area (Å²) in [7, 11) is 1.30. The standard InChI is InChI=1S/C15H12BrN3O5/c1-23-13-7-4-10(8-12(13)19(21)22)15(20)24-18-14(17)9-2-5-11(16)6-3-9/h2-8H,1H3,(H2,17,18). The minimum absolute atomic E-state index is 0.00105. The summed E-state index contributed by atoms with van der Waals surface area (Å²) in [6, 6.07) is 10.6. The summed E-state index contributed by atoms with van der Waals surface area (Å²) in [6.45, 7) is 0. The Labute approximate surface area is 145 Å². The number of hydrogen-bond donors (Lipinski definition) is 1.